The van der Waals surface area contributed by atoms with Gasteiger partial charge in [-0.3, -0.25) is 14.4 Å². The monoisotopic (exact) mass is 491 g/mol. The van der Waals surface area contributed by atoms with E-state index in [1.165, 1.54) is 17.0 Å². The molecule has 0 radical (unpaired) electrons. The maximum Gasteiger partial charge on any atom is 0.255 e. The van der Waals surface area contributed by atoms with Gasteiger partial charge in [-0.05, 0) is 60.7 Å². The Morgan fingerprint density at radius 2 is 1.78 bits per heavy atom. The normalized spacial score (nSPS) is 16.1. The van der Waals surface area contributed by atoms with Crippen molar-refractivity contribution in [3.05, 3.63) is 72.0 Å². The van der Waals surface area contributed by atoms with Crippen molar-refractivity contribution in [2.24, 2.45) is 5.92 Å². The summed E-state index contributed by atoms with van der Waals surface area (Å²) in [5.74, 6) is -0.789. The molecular weight excluding hydrogens is 469 g/mol. The van der Waals surface area contributed by atoms with E-state index in [1.807, 2.05) is 0 Å². The highest BCUT2D eigenvalue weighted by Crippen LogP contribution is 2.33. The quantitative estimate of drug-likeness (QED) is 0.543. The fourth-order valence-corrected chi connectivity index (χ4v) is 4.07. The molecule has 9 nitrogen and oxygen atoms in total. The lowest BCUT2D eigenvalue weighted by atomic mass is 10.1. The van der Waals surface area contributed by atoms with Crippen molar-refractivity contribution < 1.29 is 33.0 Å². The largest absolute Gasteiger partial charge is 0.497 e. The van der Waals surface area contributed by atoms with Crippen molar-refractivity contribution in [2.75, 3.05) is 36.0 Å². The summed E-state index contributed by atoms with van der Waals surface area (Å²) in [6.45, 7) is 0.255. The van der Waals surface area contributed by atoms with Crippen molar-refractivity contribution in [2.45, 2.75) is 6.42 Å². The molecule has 184 valence electrons. The third kappa shape index (κ3) is 4.65. The number of benzene rings is 3. The molecule has 2 aliphatic rings. The minimum absolute atomic E-state index is 0.0000220. The number of rotatable bonds is 6. The second-order valence-electron chi connectivity index (χ2n) is 8.31. The Kier molecular flexibility index (Phi) is 6.16. The maximum absolute atomic E-state index is 14.5. The smallest absolute Gasteiger partial charge is 0.255 e. The van der Waals surface area contributed by atoms with Crippen LogP contribution in [0.15, 0.2) is 60.7 Å². The molecule has 1 atom stereocenters. The number of fused-ring (bicyclic) bond motifs is 1. The zero-order chi connectivity index (χ0) is 25.2. The lowest BCUT2D eigenvalue weighted by Crippen LogP contribution is -2.28. The van der Waals surface area contributed by atoms with Crippen LogP contribution in [0.4, 0.5) is 21.5 Å². The van der Waals surface area contributed by atoms with Gasteiger partial charge in [0.05, 0.1) is 18.7 Å². The van der Waals surface area contributed by atoms with E-state index >= 15 is 0 Å². The van der Waals surface area contributed by atoms with E-state index in [4.69, 9.17) is 14.2 Å². The Hall–Kier alpha value is -4.60. The lowest BCUT2D eigenvalue weighted by Gasteiger charge is -2.17. The highest BCUT2D eigenvalue weighted by Gasteiger charge is 2.35. The van der Waals surface area contributed by atoms with Crippen LogP contribution in [-0.2, 0) is 9.59 Å². The van der Waals surface area contributed by atoms with Gasteiger partial charge in [0.2, 0.25) is 18.6 Å². The number of methoxy groups -OCH3 is 1. The van der Waals surface area contributed by atoms with Crippen LogP contribution in [0.5, 0.6) is 17.2 Å². The fourth-order valence-electron chi connectivity index (χ4n) is 4.07. The van der Waals surface area contributed by atoms with Crippen LogP contribution in [-0.4, -0.2) is 38.2 Å². The Balaban J connectivity index is 1.25. The summed E-state index contributed by atoms with van der Waals surface area (Å²) < 4.78 is 30.1. The van der Waals surface area contributed by atoms with Gasteiger partial charge in [0.25, 0.3) is 5.91 Å². The molecule has 3 aromatic carbocycles. The standard InChI is InChI=1S/C26H22FN3O6/c1-34-19-6-4-18(5-7-19)30-13-16(11-24(30)31)26(33)29-21-12-17(3-8-20(21)27)28-25(32)15-2-9-22-23(10-15)36-14-35-22/h2-10,12,16H,11,13-14H2,1H3,(H,28,32)(H,29,33). The first-order valence-electron chi connectivity index (χ1n) is 11.2. The SMILES string of the molecule is COc1ccc(N2CC(C(=O)Nc3cc(NC(=O)c4ccc5c(c4)OCO5)ccc3F)CC2=O)cc1. The van der Waals surface area contributed by atoms with E-state index in [2.05, 4.69) is 10.6 Å². The van der Waals surface area contributed by atoms with E-state index in [1.54, 1.807) is 49.6 Å². The zero-order valence-electron chi connectivity index (χ0n) is 19.2. The van der Waals surface area contributed by atoms with E-state index < -0.39 is 23.5 Å². The van der Waals surface area contributed by atoms with Crippen LogP contribution in [0.2, 0.25) is 0 Å². The number of hydrogen-bond donors (Lipinski definition) is 2. The minimum atomic E-state index is -0.666. The second-order valence-corrected chi connectivity index (χ2v) is 8.31. The molecule has 3 amide bonds. The summed E-state index contributed by atoms with van der Waals surface area (Å²) >= 11 is 0. The molecule has 2 N–H and O–H groups in total. The van der Waals surface area contributed by atoms with Crippen LogP contribution in [0.25, 0.3) is 0 Å². The van der Waals surface area contributed by atoms with Gasteiger partial charge in [0.1, 0.15) is 11.6 Å². The predicted octanol–water partition coefficient (Wildman–Crippen LogP) is 3.81. The van der Waals surface area contributed by atoms with Crippen molar-refractivity contribution in [3.8, 4) is 17.2 Å². The molecule has 0 bridgehead atoms. The average Bonchev–Trinajstić information content (AvgIpc) is 3.52. The fraction of sp³-hybridized carbons (Fsp3) is 0.192. The topological polar surface area (TPSA) is 106 Å². The Labute approximate surface area is 205 Å². The van der Waals surface area contributed by atoms with E-state index in [0.29, 0.717) is 28.5 Å². The van der Waals surface area contributed by atoms with Crippen LogP contribution in [0.1, 0.15) is 16.8 Å². The molecule has 36 heavy (non-hydrogen) atoms. The van der Waals surface area contributed by atoms with Crippen molar-refractivity contribution in [3.63, 3.8) is 0 Å². The Bertz CT molecular complexity index is 1340. The average molecular weight is 491 g/mol. The van der Waals surface area contributed by atoms with Crippen molar-refractivity contribution >= 4 is 34.8 Å². The molecule has 0 spiro atoms. The molecule has 5 rings (SSSR count). The first-order chi connectivity index (χ1) is 17.4. The first-order valence-corrected chi connectivity index (χ1v) is 11.2. The summed E-state index contributed by atoms with van der Waals surface area (Å²) in [5, 5.41) is 5.23. The highest BCUT2D eigenvalue weighted by molar-refractivity contribution is 6.06. The number of halogens is 1. The molecule has 0 aliphatic carbocycles. The minimum Gasteiger partial charge on any atom is -0.497 e. The molecule has 2 heterocycles. The molecular formula is C26H22FN3O6. The van der Waals surface area contributed by atoms with Crippen molar-refractivity contribution in [1.82, 2.24) is 0 Å². The van der Waals surface area contributed by atoms with E-state index in [0.717, 1.165) is 6.07 Å². The van der Waals surface area contributed by atoms with Gasteiger partial charge in [-0.25, -0.2) is 4.39 Å². The summed E-state index contributed by atoms with van der Waals surface area (Å²) in [4.78, 5) is 39.5. The number of hydrogen-bond acceptors (Lipinski definition) is 6. The Morgan fingerprint density at radius 1 is 1.00 bits per heavy atom. The summed E-state index contributed by atoms with van der Waals surface area (Å²) in [6, 6.07) is 15.6. The van der Waals surface area contributed by atoms with Gasteiger partial charge < -0.3 is 29.7 Å². The Morgan fingerprint density at radius 3 is 2.56 bits per heavy atom. The lowest BCUT2D eigenvalue weighted by molar-refractivity contribution is -0.122. The molecule has 10 heteroatoms. The van der Waals surface area contributed by atoms with Gasteiger partial charge in [0, 0.05) is 29.9 Å². The van der Waals surface area contributed by atoms with Gasteiger partial charge in [-0.1, -0.05) is 0 Å². The molecule has 0 aromatic heterocycles. The molecule has 1 unspecified atom stereocenters. The van der Waals surface area contributed by atoms with Crippen LogP contribution < -0.4 is 29.7 Å². The molecule has 1 fully saturated rings. The summed E-state index contributed by atoms with van der Waals surface area (Å²) in [6.07, 6.45) is 0.0000220. The third-order valence-corrected chi connectivity index (χ3v) is 6.00. The number of carbonyl (C=O) groups excluding carboxylic acids is 3. The number of anilines is 3. The van der Waals surface area contributed by atoms with Crippen molar-refractivity contribution in [1.29, 1.82) is 0 Å². The molecule has 2 aliphatic heterocycles. The zero-order valence-corrected chi connectivity index (χ0v) is 19.2. The first kappa shape index (κ1) is 23.2. The van der Waals surface area contributed by atoms with Gasteiger partial charge >= 0.3 is 0 Å². The van der Waals surface area contributed by atoms with Crippen LogP contribution in [0, 0.1) is 11.7 Å². The molecule has 3 aromatic rings. The third-order valence-electron chi connectivity index (χ3n) is 6.00. The van der Waals surface area contributed by atoms with Crippen LogP contribution in [0.3, 0.4) is 0 Å². The highest BCUT2D eigenvalue weighted by atomic mass is 19.1. The number of amides is 3. The van der Waals surface area contributed by atoms with Gasteiger partial charge in [-0.15, -0.1) is 0 Å². The summed E-state index contributed by atoms with van der Waals surface area (Å²) in [5.41, 5.74) is 1.17. The van der Waals surface area contributed by atoms with Gasteiger partial charge in [-0.2, -0.15) is 0 Å². The van der Waals surface area contributed by atoms with E-state index in [-0.39, 0.29) is 37.0 Å². The molecule has 1 saturated heterocycles. The number of nitrogens with one attached hydrogen (secondary N) is 2. The summed E-state index contributed by atoms with van der Waals surface area (Å²) in [7, 11) is 1.55. The second kappa shape index (κ2) is 9.57. The number of ether oxygens (including phenoxy) is 3. The van der Waals surface area contributed by atoms with Crippen LogP contribution >= 0.6 is 0 Å². The van der Waals surface area contributed by atoms with Gasteiger partial charge in [0.15, 0.2) is 11.5 Å². The molecule has 0 saturated carbocycles. The number of carbonyl (C=O) groups is 3. The number of nitrogens with zero attached hydrogens (tertiary/aromatic N) is 1. The van der Waals surface area contributed by atoms with E-state index in [9.17, 15) is 18.8 Å². The maximum atomic E-state index is 14.5. The predicted molar refractivity (Wildman–Crippen MR) is 129 cm³/mol.